The molecule has 2 amide bonds. The molecule has 2 aromatic rings. The second-order valence-corrected chi connectivity index (χ2v) is 13.1. The number of carbonyl (C=O) groups is 2. The maximum Gasteiger partial charge on any atom is 0.246 e. The van der Waals surface area contributed by atoms with E-state index >= 15 is 0 Å². The molecular formula is C33H43Cl3N4O2. The number of likely N-dealkylation sites (N-methyl/N-ethyl adjacent to an activating group) is 2. The molecule has 9 heteroatoms. The van der Waals surface area contributed by atoms with E-state index in [-0.39, 0.29) is 17.7 Å². The van der Waals surface area contributed by atoms with Gasteiger partial charge < -0.3 is 15.1 Å². The van der Waals surface area contributed by atoms with Crippen LogP contribution in [0.3, 0.4) is 0 Å². The first-order valence-corrected chi connectivity index (χ1v) is 16.1. The van der Waals surface area contributed by atoms with Crippen LogP contribution in [0.1, 0.15) is 62.0 Å². The zero-order valence-electron chi connectivity index (χ0n) is 24.9. The highest BCUT2D eigenvalue weighted by Crippen LogP contribution is 2.37. The maximum absolute atomic E-state index is 13.7. The van der Waals surface area contributed by atoms with Gasteiger partial charge in [0.25, 0.3) is 0 Å². The van der Waals surface area contributed by atoms with E-state index in [1.54, 1.807) is 15.9 Å². The van der Waals surface area contributed by atoms with E-state index < -0.39 is 5.54 Å². The lowest BCUT2D eigenvalue weighted by Crippen LogP contribution is -2.66. The first-order valence-electron chi connectivity index (χ1n) is 14.9. The first-order chi connectivity index (χ1) is 20.1. The molecule has 0 aliphatic carbocycles. The van der Waals surface area contributed by atoms with Crippen LogP contribution in [0.2, 0.25) is 15.1 Å². The third-order valence-corrected chi connectivity index (χ3v) is 9.83. The average molecular weight is 634 g/mol. The van der Waals surface area contributed by atoms with Crippen molar-refractivity contribution in [3.8, 4) is 0 Å². The summed E-state index contributed by atoms with van der Waals surface area (Å²) in [7, 11) is 5.59. The third kappa shape index (κ3) is 8.09. The van der Waals surface area contributed by atoms with E-state index in [0.29, 0.717) is 27.7 Å². The van der Waals surface area contributed by atoms with Crippen LogP contribution in [0.5, 0.6) is 0 Å². The second kappa shape index (κ2) is 15.1. The molecule has 0 bridgehead atoms. The minimum atomic E-state index is -0.460. The molecule has 2 fully saturated rings. The molecule has 42 heavy (non-hydrogen) atoms. The summed E-state index contributed by atoms with van der Waals surface area (Å²) in [5.41, 5.74) is 1.52. The topological polar surface area (TPSA) is 55.9 Å². The van der Waals surface area contributed by atoms with E-state index in [0.717, 1.165) is 75.7 Å². The van der Waals surface area contributed by atoms with Crippen molar-refractivity contribution in [2.45, 2.75) is 62.4 Å². The van der Waals surface area contributed by atoms with Gasteiger partial charge >= 0.3 is 0 Å². The normalized spacial score (nSPS) is 19.9. The number of piperidine rings is 2. The number of amides is 2. The van der Waals surface area contributed by atoms with Gasteiger partial charge in [-0.3, -0.25) is 14.5 Å². The molecule has 2 atom stereocenters. The van der Waals surface area contributed by atoms with E-state index in [9.17, 15) is 9.59 Å². The fourth-order valence-corrected chi connectivity index (χ4v) is 6.99. The molecule has 0 aromatic heterocycles. The van der Waals surface area contributed by atoms with Crippen LogP contribution in [0.4, 0.5) is 0 Å². The van der Waals surface area contributed by atoms with Crippen LogP contribution in [0.25, 0.3) is 6.08 Å². The van der Waals surface area contributed by atoms with Gasteiger partial charge in [-0.1, -0.05) is 59.4 Å². The minimum Gasteiger partial charge on any atom is -0.347 e. The lowest BCUT2D eigenvalue weighted by Gasteiger charge is -2.51. The molecule has 228 valence electrons. The SMILES string of the molecule is CN(C)C(=O)C1(N2CCCCC2CCC(CN(C)C(=O)C=Cc2ccc(Cl)cc2)c2ccc(Cl)c(Cl)c2)CCNCC1. The highest BCUT2D eigenvalue weighted by molar-refractivity contribution is 6.42. The Morgan fingerprint density at radius 1 is 1.02 bits per heavy atom. The molecule has 0 radical (unpaired) electrons. The van der Waals surface area contributed by atoms with Gasteiger partial charge in [-0.05, 0) is 99.6 Å². The fraction of sp³-hybridized carbons (Fsp3) is 0.515. The van der Waals surface area contributed by atoms with Crippen molar-refractivity contribution in [1.29, 1.82) is 0 Å². The molecule has 0 spiro atoms. The van der Waals surface area contributed by atoms with Gasteiger partial charge in [0.1, 0.15) is 5.54 Å². The average Bonchev–Trinajstić information content (AvgIpc) is 3.00. The van der Waals surface area contributed by atoms with Gasteiger partial charge in [0.15, 0.2) is 0 Å². The van der Waals surface area contributed by atoms with Gasteiger partial charge in [-0.2, -0.15) is 0 Å². The molecule has 2 aliphatic heterocycles. The molecule has 2 saturated heterocycles. The number of nitrogens with zero attached hydrogens (tertiary/aromatic N) is 3. The summed E-state index contributed by atoms with van der Waals surface area (Å²) in [6, 6.07) is 13.5. The number of hydrogen-bond donors (Lipinski definition) is 1. The highest BCUT2D eigenvalue weighted by Gasteiger charge is 2.48. The molecule has 4 rings (SSSR count). The largest absolute Gasteiger partial charge is 0.347 e. The number of rotatable bonds is 10. The van der Waals surface area contributed by atoms with E-state index in [1.165, 1.54) is 0 Å². The number of hydrogen-bond acceptors (Lipinski definition) is 4. The van der Waals surface area contributed by atoms with Crippen molar-refractivity contribution in [3.63, 3.8) is 0 Å². The van der Waals surface area contributed by atoms with Crippen molar-refractivity contribution in [2.24, 2.45) is 0 Å². The summed E-state index contributed by atoms with van der Waals surface area (Å²) in [4.78, 5) is 32.9. The van der Waals surface area contributed by atoms with Crippen molar-refractivity contribution >= 4 is 52.7 Å². The highest BCUT2D eigenvalue weighted by atomic mass is 35.5. The Morgan fingerprint density at radius 2 is 1.74 bits per heavy atom. The summed E-state index contributed by atoms with van der Waals surface area (Å²) in [5.74, 6) is 0.212. The Morgan fingerprint density at radius 3 is 2.40 bits per heavy atom. The fourth-order valence-electron chi connectivity index (χ4n) is 6.56. The van der Waals surface area contributed by atoms with Crippen LogP contribution >= 0.6 is 34.8 Å². The Bertz CT molecular complexity index is 1240. The third-order valence-electron chi connectivity index (χ3n) is 8.83. The predicted octanol–water partition coefficient (Wildman–Crippen LogP) is 6.75. The van der Waals surface area contributed by atoms with Gasteiger partial charge in [0.2, 0.25) is 11.8 Å². The predicted molar refractivity (Wildman–Crippen MR) is 174 cm³/mol. The molecule has 0 saturated carbocycles. The lowest BCUT2D eigenvalue weighted by atomic mass is 9.80. The molecule has 2 aliphatic rings. The van der Waals surface area contributed by atoms with Crippen LogP contribution in [-0.2, 0) is 9.59 Å². The van der Waals surface area contributed by atoms with E-state index in [4.69, 9.17) is 34.8 Å². The molecular weight excluding hydrogens is 591 g/mol. The maximum atomic E-state index is 13.7. The van der Waals surface area contributed by atoms with Crippen LogP contribution in [0.15, 0.2) is 48.5 Å². The van der Waals surface area contributed by atoms with Gasteiger partial charge in [0, 0.05) is 50.7 Å². The van der Waals surface area contributed by atoms with Crippen molar-refractivity contribution in [1.82, 2.24) is 20.0 Å². The molecule has 1 N–H and O–H groups in total. The number of benzene rings is 2. The summed E-state index contributed by atoms with van der Waals surface area (Å²) in [5, 5.41) is 5.15. The molecule has 2 unspecified atom stereocenters. The van der Waals surface area contributed by atoms with Gasteiger partial charge in [-0.25, -0.2) is 0 Å². The number of nitrogens with one attached hydrogen (secondary N) is 1. The second-order valence-electron chi connectivity index (χ2n) is 11.9. The van der Waals surface area contributed by atoms with Crippen molar-refractivity contribution in [2.75, 3.05) is 47.3 Å². The Labute approximate surface area is 266 Å². The summed E-state index contributed by atoms with van der Waals surface area (Å²) < 4.78 is 0. The monoisotopic (exact) mass is 632 g/mol. The number of likely N-dealkylation sites (tertiary alicyclic amines) is 1. The van der Waals surface area contributed by atoms with Gasteiger partial charge in [0.05, 0.1) is 10.0 Å². The quantitative estimate of drug-likeness (QED) is 0.294. The lowest BCUT2D eigenvalue weighted by molar-refractivity contribution is -0.148. The Kier molecular flexibility index (Phi) is 11.8. The van der Waals surface area contributed by atoms with Crippen molar-refractivity contribution < 1.29 is 9.59 Å². The van der Waals surface area contributed by atoms with Crippen LogP contribution in [-0.4, -0.2) is 85.4 Å². The van der Waals surface area contributed by atoms with E-state index in [2.05, 4.69) is 10.2 Å². The molecule has 6 nitrogen and oxygen atoms in total. The smallest absolute Gasteiger partial charge is 0.246 e. The summed E-state index contributed by atoms with van der Waals surface area (Å²) in [6.45, 7) is 3.19. The minimum absolute atomic E-state index is 0.0648. The Hall–Kier alpha value is -2.09. The zero-order valence-corrected chi connectivity index (χ0v) is 27.2. The molecule has 2 heterocycles. The number of halogens is 3. The van der Waals surface area contributed by atoms with Crippen molar-refractivity contribution in [3.05, 3.63) is 74.7 Å². The number of carbonyl (C=O) groups excluding carboxylic acids is 2. The molecule has 2 aromatic carbocycles. The van der Waals surface area contributed by atoms with Gasteiger partial charge in [-0.15, -0.1) is 0 Å². The standard InChI is InChI=1S/C33H43Cl3N4O2/c1-38(2)32(42)33(17-19-37-20-18-33)40-21-5-4-6-28(40)14-10-26(25-11-15-29(35)30(36)22-25)23-39(3)31(41)16-9-24-7-12-27(34)13-8-24/h7-9,11-13,15-16,22,26,28,37H,4-6,10,14,17-21,23H2,1-3H3. The first kappa shape index (κ1) is 32.8. The summed E-state index contributed by atoms with van der Waals surface area (Å²) >= 11 is 18.7. The Balaban J connectivity index is 1.53. The van der Waals surface area contributed by atoms with Crippen LogP contribution in [0, 0.1) is 0 Å². The summed E-state index contributed by atoms with van der Waals surface area (Å²) in [6.07, 6.45) is 10.2. The van der Waals surface area contributed by atoms with Crippen LogP contribution < -0.4 is 5.32 Å². The van der Waals surface area contributed by atoms with E-state index in [1.807, 2.05) is 69.7 Å². The zero-order chi connectivity index (χ0) is 30.3.